The molecule has 12 heteroatoms. The molecule has 4 rings (SSSR count). The van der Waals surface area contributed by atoms with Crippen molar-refractivity contribution in [1.82, 2.24) is 15.1 Å². The van der Waals surface area contributed by atoms with Gasteiger partial charge in [0.05, 0.1) is 29.4 Å². The third-order valence-corrected chi connectivity index (χ3v) is 6.04. The van der Waals surface area contributed by atoms with Crippen LogP contribution in [0.3, 0.4) is 0 Å². The number of benzene rings is 3. The number of rotatable bonds is 7. The number of hydrogen-bond acceptors (Lipinski definition) is 3. The standard InChI is InChI=1S/C27H20ClF5N4O2/c1-15(16-5-10-22(23(30)11-16)26(39)35-19-8-6-18(29)7-9-19)25(38)34-14-21-13-24(27(31,32)33)36-37(21)20-4-2-3-17(28)12-20/h2-13,15H,14H2,1H3,(H,34,38)(H,35,39). The Hall–Kier alpha value is -4.25. The Bertz CT molecular complexity index is 1520. The lowest BCUT2D eigenvalue weighted by Gasteiger charge is -2.15. The third kappa shape index (κ3) is 6.61. The predicted octanol–water partition coefficient (Wildman–Crippen LogP) is 6.49. The van der Waals surface area contributed by atoms with E-state index in [-0.39, 0.29) is 39.8 Å². The van der Waals surface area contributed by atoms with Gasteiger partial charge in [0.25, 0.3) is 5.91 Å². The highest BCUT2D eigenvalue weighted by Crippen LogP contribution is 2.30. The van der Waals surface area contributed by atoms with Crippen LogP contribution in [0.1, 0.15) is 40.2 Å². The highest BCUT2D eigenvalue weighted by Gasteiger charge is 2.35. The fourth-order valence-corrected chi connectivity index (χ4v) is 3.90. The number of nitrogens with one attached hydrogen (secondary N) is 2. The predicted molar refractivity (Wildman–Crippen MR) is 135 cm³/mol. The van der Waals surface area contributed by atoms with Crippen LogP contribution in [-0.4, -0.2) is 21.6 Å². The van der Waals surface area contributed by atoms with Gasteiger partial charge in [-0.15, -0.1) is 0 Å². The number of alkyl halides is 3. The second-order valence-corrected chi connectivity index (χ2v) is 8.99. The molecule has 0 aliphatic heterocycles. The molecule has 1 atom stereocenters. The van der Waals surface area contributed by atoms with Gasteiger partial charge in [0, 0.05) is 10.7 Å². The van der Waals surface area contributed by atoms with Crippen LogP contribution >= 0.6 is 11.6 Å². The average Bonchev–Trinajstić information content (AvgIpc) is 3.33. The van der Waals surface area contributed by atoms with Gasteiger partial charge < -0.3 is 10.6 Å². The summed E-state index contributed by atoms with van der Waals surface area (Å²) in [5, 5.41) is 8.91. The van der Waals surface area contributed by atoms with Gasteiger partial charge in [0.15, 0.2) is 5.69 Å². The molecule has 0 bridgehead atoms. The van der Waals surface area contributed by atoms with Crippen molar-refractivity contribution in [1.29, 1.82) is 0 Å². The molecule has 0 aliphatic rings. The maximum atomic E-state index is 14.7. The van der Waals surface area contributed by atoms with E-state index in [1.807, 2.05) is 0 Å². The van der Waals surface area contributed by atoms with E-state index in [4.69, 9.17) is 11.6 Å². The summed E-state index contributed by atoms with van der Waals surface area (Å²) >= 11 is 5.97. The third-order valence-electron chi connectivity index (χ3n) is 5.80. The summed E-state index contributed by atoms with van der Waals surface area (Å²) < 4.78 is 68.8. The molecular formula is C27H20ClF5N4O2. The van der Waals surface area contributed by atoms with Crippen molar-refractivity contribution in [3.63, 3.8) is 0 Å². The summed E-state index contributed by atoms with van der Waals surface area (Å²) in [6, 6.07) is 15.4. The molecule has 1 heterocycles. The Labute approximate surface area is 224 Å². The number of nitrogens with zero attached hydrogens (tertiary/aromatic N) is 2. The first-order valence-electron chi connectivity index (χ1n) is 11.5. The minimum absolute atomic E-state index is 0.0455. The van der Waals surface area contributed by atoms with Crippen molar-refractivity contribution in [2.45, 2.75) is 25.6 Å². The molecule has 1 aromatic heterocycles. The minimum atomic E-state index is -4.71. The average molecular weight is 563 g/mol. The molecule has 4 aromatic rings. The van der Waals surface area contributed by atoms with E-state index in [1.165, 1.54) is 43.3 Å². The SMILES string of the molecule is CC(C(=O)NCc1cc(C(F)(F)F)nn1-c1cccc(Cl)c1)c1ccc(C(=O)Nc2ccc(F)cc2)c(F)c1. The molecule has 0 fully saturated rings. The molecule has 2 amide bonds. The van der Waals surface area contributed by atoms with E-state index < -0.39 is 41.2 Å². The first-order chi connectivity index (χ1) is 18.4. The zero-order valence-corrected chi connectivity index (χ0v) is 20.9. The van der Waals surface area contributed by atoms with E-state index in [0.29, 0.717) is 0 Å². The van der Waals surface area contributed by atoms with Crippen molar-refractivity contribution >= 4 is 29.1 Å². The molecule has 0 saturated heterocycles. The van der Waals surface area contributed by atoms with Crippen LogP contribution in [0.4, 0.5) is 27.6 Å². The van der Waals surface area contributed by atoms with E-state index in [0.717, 1.165) is 28.9 Å². The quantitative estimate of drug-likeness (QED) is 0.253. The molecule has 2 N–H and O–H groups in total. The van der Waals surface area contributed by atoms with Crippen molar-refractivity contribution in [3.05, 3.63) is 112 Å². The molecule has 0 radical (unpaired) electrons. The zero-order valence-electron chi connectivity index (χ0n) is 20.2. The minimum Gasteiger partial charge on any atom is -0.350 e. The molecule has 3 aromatic carbocycles. The van der Waals surface area contributed by atoms with E-state index >= 15 is 0 Å². The van der Waals surface area contributed by atoms with Crippen molar-refractivity contribution < 1.29 is 31.5 Å². The lowest BCUT2D eigenvalue weighted by molar-refractivity contribution is -0.141. The maximum Gasteiger partial charge on any atom is 0.435 e. The van der Waals surface area contributed by atoms with Crippen LogP contribution in [0.2, 0.25) is 5.02 Å². The number of anilines is 1. The van der Waals surface area contributed by atoms with Crippen molar-refractivity contribution in [2.75, 3.05) is 5.32 Å². The lowest BCUT2D eigenvalue weighted by Crippen LogP contribution is -2.28. The van der Waals surface area contributed by atoms with Crippen LogP contribution in [0, 0.1) is 11.6 Å². The molecule has 39 heavy (non-hydrogen) atoms. The summed E-state index contributed by atoms with van der Waals surface area (Å²) in [4.78, 5) is 25.2. The van der Waals surface area contributed by atoms with E-state index in [1.54, 1.807) is 12.1 Å². The van der Waals surface area contributed by atoms with Gasteiger partial charge in [-0.25, -0.2) is 13.5 Å². The Morgan fingerprint density at radius 1 is 1.00 bits per heavy atom. The van der Waals surface area contributed by atoms with Crippen LogP contribution in [0.25, 0.3) is 5.69 Å². The fourth-order valence-electron chi connectivity index (χ4n) is 3.71. The van der Waals surface area contributed by atoms with Crippen LogP contribution in [0.5, 0.6) is 0 Å². The maximum absolute atomic E-state index is 14.7. The van der Waals surface area contributed by atoms with Crippen molar-refractivity contribution in [2.24, 2.45) is 0 Å². The number of carbonyl (C=O) groups excluding carboxylic acids is 2. The second kappa shape index (κ2) is 11.2. The number of hydrogen-bond donors (Lipinski definition) is 2. The Kier molecular flexibility index (Phi) is 8.01. The molecule has 0 spiro atoms. The molecular weight excluding hydrogens is 543 g/mol. The topological polar surface area (TPSA) is 76.0 Å². The largest absolute Gasteiger partial charge is 0.435 e. The van der Waals surface area contributed by atoms with Crippen LogP contribution in [-0.2, 0) is 17.5 Å². The van der Waals surface area contributed by atoms with Gasteiger partial charge in [0.1, 0.15) is 11.6 Å². The van der Waals surface area contributed by atoms with Gasteiger partial charge >= 0.3 is 6.18 Å². The van der Waals surface area contributed by atoms with E-state index in [9.17, 15) is 31.5 Å². The number of carbonyl (C=O) groups is 2. The van der Waals surface area contributed by atoms with Gasteiger partial charge in [-0.3, -0.25) is 9.59 Å². The Morgan fingerprint density at radius 2 is 1.72 bits per heavy atom. The highest BCUT2D eigenvalue weighted by atomic mass is 35.5. The summed E-state index contributed by atoms with van der Waals surface area (Å²) in [6.07, 6.45) is -4.71. The monoisotopic (exact) mass is 562 g/mol. The van der Waals surface area contributed by atoms with E-state index in [2.05, 4.69) is 15.7 Å². The summed E-state index contributed by atoms with van der Waals surface area (Å²) in [6.45, 7) is 1.18. The van der Waals surface area contributed by atoms with Crippen LogP contribution in [0.15, 0.2) is 72.8 Å². The van der Waals surface area contributed by atoms with Crippen molar-refractivity contribution in [3.8, 4) is 5.69 Å². The van der Waals surface area contributed by atoms with Gasteiger partial charge in [-0.2, -0.15) is 18.3 Å². The molecule has 1 unspecified atom stereocenters. The number of halogens is 6. The second-order valence-electron chi connectivity index (χ2n) is 8.55. The summed E-state index contributed by atoms with van der Waals surface area (Å²) in [5.74, 6) is -3.65. The van der Waals surface area contributed by atoms with Gasteiger partial charge in [-0.05, 0) is 73.2 Å². The zero-order chi connectivity index (χ0) is 28.3. The molecule has 202 valence electrons. The number of aromatic nitrogens is 2. The number of amides is 2. The molecule has 0 aliphatic carbocycles. The fraction of sp³-hybridized carbons (Fsp3) is 0.148. The Balaban J connectivity index is 1.47. The van der Waals surface area contributed by atoms with Gasteiger partial charge in [-0.1, -0.05) is 23.7 Å². The smallest absolute Gasteiger partial charge is 0.350 e. The first kappa shape index (κ1) is 27.8. The molecule has 0 saturated carbocycles. The molecule has 6 nitrogen and oxygen atoms in total. The summed E-state index contributed by atoms with van der Waals surface area (Å²) in [7, 11) is 0. The summed E-state index contributed by atoms with van der Waals surface area (Å²) in [5.41, 5.74) is -0.612. The highest BCUT2D eigenvalue weighted by molar-refractivity contribution is 6.30. The lowest BCUT2D eigenvalue weighted by atomic mass is 9.98. The normalized spacial score (nSPS) is 12.2. The first-order valence-corrected chi connectivity index (χ1v) is 11.9. The van der Waals surface area contributed by atoms with Crippen LogP contribution < -0.4 is 10.6 Å². The van der Waals surface area contributed by atoms with Gasteiger partial charge in [0.2, 0.25) is 5.91 Å². The Morgan fingerprint density at radius 3 is 2.36 bits per heavy atom.